The van der Waals surface area contributed by atoms with Crippen LogP contribution in [0.4, 0.5) is 0 Å². The van der Waals surface area contributed by atoms with Crippen molar-refractivity contribution in [3.63, 3.8) is 0 Å². The van der Waals surface area contributed by atoms with Crippen molar-refractivity contribution in [1.82, 2.24) is 0 Å². The molecular formula is C26H33ClO8. The van der Waals surface area contributed by atoms with Crippen molar-refractivity contribution in [2.24, 2.45) is 0 Å². The summed E-state index contributed by atoms with van der Waals surface area (Å²) in [6.45, 7) is 1.43. The maximum absolute atomic E-state index is 10.8. The average molecular weight is 509 g/mol. The normalized spacial score (nSPS) is 31.7. The molecule has 9 heteroatoms. The highest BCUT2D eigenvalue weighted by atomic mass is 35.5. The summed E-state index contributed by atoms with van der Waals surface area (Å²) in [6, 6.07) is 13.5. The number of halogens is 1. The zero-order valence-electron chi connectivity index (χ0n) is 19.7. The van der Waals surface area contributed by atoms with E-state index in [4.69, 9.17) is 30.5 Å². The first-order chi connectivity index (χ1) is 16.8. The van der Waals surface area contributed by atoms with Crippen molar-refractivity contribution in [3.05, 3.63) is 64.2 Å². The fourth-order valence-corrected chi connectivity index (χ4v) is 4.75. The van der Waals surface area contributed by atoms with Gasteiger partial charge in [-0.1, -0.05) is 35.9 Å². The summed E-state index contributed by atoms with van der Waals surface area (Å²) in [6.07, 6.45) is -2.05. The fourth-order valence-electron chi connectivity index (χ4n) is 4.57. The van der Waals surface area contributed by atoms with Crippen LogP contribution in [0.3, 0.4) is 0 Å². The molecule has 35 heavy (non-hydrogen) atoms. The molecule has 2 aromatic carbocycles. The van der Waals surface area contributed by atoms with Crippen LogP contribution in [0.1, 0.15) is 36.1 Å². The third-order valence-electron chi connectivity index (χ3n) is 6.54. The molecule has 8 nitrogen and oxygen atoms in total. The SMILES string of the molecule is CCOc1ccc(Cc2cc(C3CC(O)[C@H](O)C4(COCC(O)(CO)COC4)O3)ccc2Cl)cc1. The average Bonchev–Trinajstić information content (AvgIpc) is 2.83. The highest BCUT2D eigenvalue weighted by Gasteiger charge is 2.51. The molecule has 0 saturated carbocycles. The summed E-state index contributed by atoms with van der Waals surface area (Å²) in [7, 11) is 0. The van der Waals surface area contributed by atoms with Crippen LogP contribution in [0.15, 0.2) is 42.5 Å². The Morgan fingerprint density at radius 1 is 1.03 bits per heavy atom. The maximum atomic E-state index is 10.8. The summed E-state index contributed by atoms with van der Waals surface area (Å²) in [5.41, 5.74) is -0.0549. The van der Waals surface area contributed by atoms with Crippen molar-refractivity contribution >= 4 is 11.6 Å². The third kappa shape index (κ3) is 5.98. The van der Waals surface area contributed by atoms with Gasteiger partial charge < -0.3 is 39.4 Å². The maximum Gasteiger partial charge on any atom is 0.144 e. The van der Waals surface area contributed by atoms with Crippen molar-refractivity contribution in [2.75, 3.05) is 39.6 Å². The van der Waals surface area contributed by atoms with Crippen molar-refractivity contribution in [1.29, 1.82) is 0 Å². The molecule has 2 heterocycles. The van der Waals surface area contributed by atoms with Gasteiger partial charge in [0, 0.05) is 11.4 Å². The van der Waals surface area contributed by atoms with Gasteiger partial charge >= 0.3 is 0 Å². The molecule has 2 unspecified atom stereocenters. The number of benzene rings is 2. The highest BCUT2D eigenvalue weighted by Crippen LogP contribution is 2.40. The monoisotopic (exact) mass is 508 g/mol. The van der Waals surface area contributed by atoms with Crippen LogP contribution in [0.5, 0.6) is 5.75 Å². The Balaban J connectivity index is 1.53. The van der Waals surface area contributed by atoms with Gasteiger partial charge in [-0.3, -0.25) is 0 Å². The Bertz CT molecular complexity index is 972. The number of hydrogen-bond acceptors (Lipinski definition) is 8. The number of hydrogen-bond donors (Lipinski definition) is 4. The van der Waals surface area contributed by atoms with Crippen LogP contribution < -0.4 is 4.74 Å². The smallest absolute Gasteiger partial charge is 0.144 e. The number of rotatable bonds is 6. The van der Waals surface area contributed by atoms with Crippen molar-refractivity contribution in [2.45, 2.75) is 49.3 Å². The minimum absolute atomic E-state index is 0.114. The minimum Gasteiger partial charge on any atom is -0.494 e. The number of aliphatic hydroxyl groups excluding tert-OH is 3. The Labute approximate surface area is 210 Å². The van der Waals surface area contributed by atoms with Crippen LogP contribution >= 0.6 is 11.6 Å². The summed E-state index contributed by atoms with van der Waals surface area (Å²) in [5.74, 6) is 0.811. The molecule has 0 amide bonds. The van der Waals surface area contributed by atoms with Gasteiger partial charge in [0.15, 0.2) is 0 Å². The molecule has 2 fully saturated rings. The lowest BCUT2D eigenvalue weighted by molar-refractivity contribution is -0.283. The lowest BCUT2D eigenvalue weighted by Crippen LogP contribution is -2.63. The van der Waals surface area contributed by atoms with E-state index in [1.807, 2.05) is 43.3 Å². The van der Waals surface area contributed by atoms with Crippen LogP contribution in [0.25, 0.3) is 0 Å². The molecule has 3 atom stereocenters. The first-order valence-electron chi connectivity index (χ1n) is 11.8. The predicted molar refractivity (Wildman–Crippen MR) is 129 cm³/mol. The number of aliphatic hydroxyl groups is 4. The zero-order chi connectivity index (χ0) is 25.1. The molecule has 2 aromatic rings. The van der Waals surface area contributed by atoms with Gasteiger partial charge in [0.1, 0.15) is 23.1 Å². The van der Waals surface area contributed by atoms with E-state index in [-0.39, 0.29) is 32.8 Å². The van der Waals surface area contributed by atoms with Gasteiger partial charge in [-0.2, -0.15) is 0 Å². The number of ether oxygens (including phenoxy) is 4. The van der Waals surface area contributed by atoms with E-state index in [1.54, 1.807) is 6.07 Å². The predicted octanol–water partition coefficient (Wildman–Crippen LogP) is 2.02. The van der Waals surface area contributed by atoms with E-state index in [0.29, 0.717) is 18.1 Å². The van der Waals surface area contributed by atoms with Crippen LogP contribution in [-0.2, 0) is 20.6 Å². The summed E-state index contributed by atoms with van der Waals surface area (Å²) < 4.78 is 23.1. The molecule has 0 aromatic heterocycles. The summed E-state index contributed by atoms with van der Waals surface area (Å²) >= 11 is 6.50. The molecular weight excluding hydrogens is 476 g/mol. The molecule has 2 aliphatic rings. The van der Waals surface area contributed by atoms with Crippen molar-refractivity contribution in [3.8, 4) is 5.75 Å². The minimum atomic E-state index is -1.52. The van der Waals surface area contributed by atoms with Crippen LogP contribution in [0.2, 0.25) is 5.02 Å². The molecule has 4 N–H and O–H groups in total. The Kier molecular flexibility index (Phi) is 8.35. The van der Waals surface area contributed by atoms with E-state index in [1.165, 1.54) is 0 Å². The van der Waals surface area contributed by atoms with Crippen molar-refractivity contribution < 1.29 is 39.4 Å². The highest BCUT2D eigenvalue weighted by molar-refractivity contribution is 6.31. The molecule has 4 rings (SSSR count). The van der Waals surface area contributed by atoms with Gasteiger partial charge in [-0.05, 0) is 48.2 Å². The topological polar surface area (TPSA) is 118 Å². The first-order valence-corrected chi connectivity index (χ1v) is 12.2. The summed E-state index contributed by atoms with van der Waals surface area (Å²) in [4.78, 5) is 0. The van der Waals surface area contributed by atoms with Crippen LogP contribution in [-0.4, -0.2) is 83.5 Å². The van der Waals surface area contributed by atoms with Gasteiger partial charge in [0.25, 0.3) is 0 Å². The van der Waals surface area contributed by atoms with Gasteiger partial charge in [0.2, 0.25) is 0 Å². The Morgan fingerprint density at radius 2 is 1.71 bits per heavy atom. The molecule has 0 aliphatic carbocycles. The molecule has 2 aliphatic heterocycles. The Morgan fingerprint density at radius 3 is 2.34 bits per heavy atom. The van der Waals surface area contributed by atoms with Gasteiger partial charge in [-0.15, -0.1) is 0 Å². The molecule has 0 bridgehead atoms. The fraction of sp³-hybridized carbons (Fsp3) is 0.538. The zero-order valence-corrected chi connectivity index (χ0v) is 20.5. The molecule has 0 radical (unpaired) electrons. The third-order valence-corrected chi connectivity index (χ3v) is 6.90. The van der Waals surface area contributed by atoms with E-state index in [9.17, 15) is 20.4 Å². The first kappa shape index (κ1) is 26.3. The second kappa shape index (κ2) is 11.1. The van der Waals surface area contributed by atoms with E-state index in [0.717, 1.165) is 22.4 Å². The molecule has 2 saturated heterocycles. The molecule has 192 valence electrons. The van der Waals surface area contributed by atoms with Gasteiger partial charge in [0.05, 0.1) is 51.8 Å². The van der Waals surface area contributed by atoms with E-state index in [2.05, 4.69) is 0 Å². The lowest BCUT2D eigenvalue weighted by atomic mass is 9.84. The van der Waals surface area contributed by atoms with E-state index >= 15 is 0 Å². The quantitative estimate of drug-likeness (QED) is 0.468. The second-order valence-electron chi connectivity index (χ2n) is 9.39. The molecule has 1 spiro atoms. The van der Waals surface area contributed by atoms with Gasteiger partial charge in [-0.25, -0.2) is 0 Å². The second-order valence-corrected chi connectivity index (χ2v) is 9.80. The lowest BCUT2D eigenvalue weighted by Gasteiger charge is -2.48. The van der Waals surface area contributed by atoms with Crippen LogP contribution in [0, 0.1) is 0 Å². The largest absolute Gasteiger partial charge is 0.494 e. The standard InChI is InChI=1S/C26H33ClO8/c1-2-34-20-6-3-17(4-7-20)9-19-10-18(5-8-21(19)27)23-11-22(29)24(30)26(35-23)15-32-13-25(31,12-28)14-33-16-26/h3-8,10,22-24,28-31H,2,9,11-16H2,1H3/t22?,23?,24-,25?,26?/m0/s1. The van der Waals surface area contributed by atoms with E-state index < -0.39 is 36.1 Å². The Hall–Kier alpha value is -1.75. The summed E-state index contributed by atoms with van der Waals surface area (Å²) in [5, 5.41) is 41.8.